The van der Waals surface area contributed by atoms with Gasteiger partial charge in [0.2, 0.25) is 0 Å². The van der Waals surface area contributed by atoms with Crippen LogP contribution in [0.3, 0.4) is 0 Å². The summed E-state index contributed by atoms with van der Waals surface area (Å²) in [6, 6.07) is 0. The zero-order valence-electron chi connectivity index (χ0n) is 52.9. The van der Waals surface area contributed by atoms with Gasteiger partial charge in [-0.25, -0.2) is 0 Å². The lowest BCUT2D eigenvalue weighted by Gasteiger charge is -2.18. The van der Waals surface area contributed by atoms with Crippen molar-refractivity contribution in [1.29, 1.82) is 0 Å². The Morgan fingerprint density at radius 2 is 0.494 bits per heavy atom. The Morgan fingerprint density at radius 1 is 0.266 bits per heavy atom. The van der Waals surface area contributed by atoms with Crippen molar-refractivity contribution in [2.24, 2.45) is 0 Å². The summed E-state index contributed by atoms with van der Waals surface area (Å²) in [5.74, 6) is -0.875. The first-order valence-corrected chi connectivity index (χ1v) is 34.8. The van der Waals surface area contributed by atoms with E-state index in [1.807, 2.05) is 0 Å². The molecule has 0 saturated carbocycles. The summed E-state index contributed by atoms with van der Waals surface area (Å²) in [5.41, 5.74) is 0. The first kappa shape index (κ1) is 76.1. The van der Waals surface area contributed by atoms with Crippen molar-refractivity contribution < 1.29 is 28.6 Å². The third-order valence-electron chi connectivity index (χ3n) is 15.5. The number of ether oxygens (including phenoxy) is 3. The van der Waals surface area contributed by atoms with Crippen LogP contribution in [-0.2, 0) is 28.6 Å². The molecule has 460 valence electrons. The van der Waals surface area contributed by atoms with Crippen molar-refractivity contribution in [2.45, 2.75) is 374 Å². The van der Waals surface area contributed by atoms with Gasteiger partial charge in [-0.1, -0.05) is 345 Å². The van der Waals surface area contributed by atoms with Crippen LogP contribution < -0.4 is 0 Å². The molecule has 1 unspecified atom stereocenters. The topological polar surface area (TPSA) is 78.9 Å². The lowest BCUT2D eigenvalue weighted by Crippen LogP contribution is -2.30. The van der Waals surface area contributed by atoms with E-state index in [2.05, 4.69) is 81.5 Å². The summed E-state index contributed by atoms with van der Waals surface area (Å²) in [6.45, 7) is 6.49. The molecular formula is C73H132O6. The molecule has 0 aromatic heterocycles. The van der Waals surface area contributed by atoms with Gasteiger partial charge in [0, 0.05) is 19.3 Å². The molecule has 0 bridgehead atoms. The van der Waals surface area contributed by atoms with Crippen LogP contribution >= 0.6 is 0 Å². The van der Waals surface area contributed by atoms with Gasteiger partial charge in [0.25, 0.3) is 0 Å². The maximum Gasteiger partial charge on any atom is 0.306 e. The normalized spacial score (nSPS) is 12.4. The molecule has 0 aliphatic carbocycles. The van der Waals surface area contributed by atoms with Crippen LogP contribution in [0.2, 0.25) is 0 Å². The Labute approximate surface area is 491 Å². The van der Waals surface area contributed by atoms with Gasteiger partial charge in [-0.2, -0.15) is 0 Å². The zero-order chi connectivity index (χ0) is 57.1. The third-order valence-corrected chi connectivity index (χ3v) is 15.5. The van der Waals surface area contributed by atoms with Gasteiger partial charge in [0.05, 0.1) is 0 Å². The first-order chi connectivity index (χ1) is 39.0. The molecule has 0 aromatic carbocycles. The van der Waals surface area contributed by atoms with Crippen LogP contribution in [-0.4, -0.2) is 37.2 Å². The Morgan fingerprint density at radius 3 is 0.772 bits per heavy atom. The van der Waals surface area contributed by atoms with Crippen molar-refractivity contribution in [3.8, 4) is 0 Å². The number of unbranched alkanes of at least 4 members (excludes halogenated alkanes) is 43. The molecule has 6 heteroatoms. The number of carbonyl (C=O) groups excluding carboxylic acids is 3. The van der Waals surface area contributed by atoms with Crippen LogP contribution in [0.5, 0.6) is 0 Å². The highest BCUT2D eigenvalue weighted by Gasteiger charge is 2.19. The van der Waals surface area contributed by atoms with E-state index in [4.69, 9.17) is 14.2 Å². The molecule has 0 saturated heterocycles. The zero-order valence-corrected chi connectivity index (χ0v) is 52.9. The molecule has 6 nitrogen and oxygen atoms in total. The summed E-state index contributed by atoms with van der Waals surface area (Å²) in [4.78, 5) is 38.0. The van der Waals surface area contributed by atoms with E-state index in [1.54, 1.807) is 0 Å². The second-order valence-electron chi connectivity index (χ2n) is 23.4. The van der Waals surface area contributed by atoms with E-state index in [0.717, 1.165) is 103 Å². The summed E-state index contributed by atoms with van der Waals surface area (Å²) in [7, 11) is 0. The average Bonchev–Trinajstić information content (AvgIpc) is 3.45. The van der Waals surface area contributed by atoms with Gasteiger partial charge >= 0.3 is 17.9 Å². The fraction of sp³-hybridized carbons (Fsp3) is 0.822. The van der Waals surface area contributed by atoms with Gasteiger partial charge in [0.15, 0.2) is 6.10 Å². The minimum Gasteiger partial charge on any atom is -0.462 e. The fourth-order valence-corrected chi connectivity index (χ4v) is 10.4. The SMILES string of the molecule is CC/C=C\C/C=C\C/C=C\C/C=C\C/C=C\CCCCCCCCCCCC(=O)OC(COC(=O)CCCCCCC)COC(=O)CCCCCCCCCCCCCCCCCCCCCCCCCCCCCCCCC. The van der Waals surface area contributed by atoms with E-state index < -0.39 is 6.10 Å². The number of allylic oxidation sites excluding steroid dienone is 10. The number of hydrogen-bond donors (Lipinski definition) is 0. The van der Waals surface area contributed by atoms with E-state index in [1.165, 1.54) is 225 Å². The lowest BCUT2D eigenvalue weighted by molar-refractivity contribution is -0.167. The highest BCUT2D eigenvalue weighted by Crippen LogP contribution is 2.18. The van der Waals surface area contributed by atoms with Crippen LogP contribution in [0.4, 0.5) is 0 Å². The number of rotatable bonds is 64. The molecule has 0 aliphatic rings. The van der Waals surface area contributed by atoms with Crippen molar-refractivity contribution >= 4 is 17.9 Å². The predicted octanol–water partition coefficient (Wildman–Crippen LogP) is 23.9. The van der Waals surface area contributed by atoms with Crippen molar-refractivity contribution in [3.63, 3.8) is 0 Å². The summed E-state index contributed by atoms with van der Waals surface area (Å²) in [5, 5.41) is 0. The average molecular weight is 1110 g/mol. The van der Waals surface area contributed by atoms with Gasteiger partial charge in [-0.05, 0) is 64.2 Å². The van der Waals surface area contributed by atoms with Crippen LogP contribution in [0.25, 0.3) is 0 Å². The molecular weight excluding hydrogens is 973 g/mol. The minimum atomic E-state index is -0.773. The van der Waals surface area contributed by atoms with E-state index in [0.29, 0.717) is 19.3 Å². The van der Waals surface area contributed by atoms with E-state index in [9.17, 15) is 14.4 Å². The van der Waals surface area contributed by atoms with Crippen LogP contribution in [0.1, 0.15) is 367 Å². The van der Waals surface area contributed by atoms with Gasteiger partial charge in [-0.3, -0.25) is 14.4 Å². The Balaban J connectivity index is 3.94. The van der Waals surface area contributed by atoms with Crippen molar-refractivity contribution in [2.75, 3.05) is 13.2 Å². The summed E-state index contributed by atoms with van der Waals surface area (Å²) in [6.07, 6.45) is 87.4. The molecule has 0 aliphatic heterocycles. The number of hydrogen-bond acceptors (Lipinski definition) is 6. The maximum absolute atomic E-state index is 12.8. The molecule has 0 amide bonds. The van der Waals surface area contributed by atoms with Crippen LogP contribution in [0.15, 0.2) is 60.8 Å². The minimum absolute atomic E-state index is 0.0731. The molecule has 0 heterocycles. The second-order valence-corrected chi connectivity index (χ2v) is 23.4. The van der Waals surface area contributed by atoms with Gasteiger partial charge < -0.3 is 14.2 Å². The largest absolute Gasteiger partial charge is 0.462 e. The Kier molecular flexibility index (Phi) is 65.1. The molecule has 0 N–H and O–H groups in total. The highest BCUT2D eigenvalue weighted by atomic mass is 16.6. The van der Waals surface area contributed by atoms with E-state index in [-0.39, 0.29) is 31.1 Å². The molecule has 0 aromatic rings. The summed E-state index contributed by atoms with van der Waals surface area (Å²) >= 11 is 0. The molecule has 0 spiro atoms. The number of carbonyl (C=O) groups is 3. The molecule has 0 radical (unpaired) electrons. The van der Waals surface area contributed by atoms with E-state index >= 15 is 0 Å². The molecule has 1 atom stereocenters. The second kappa shape index (κ2) is 67.6. The Bertz CT molecular complexity index is 1410. The quantitative estimate of drug-likeness (QED) is 0.0261. The fourth-order valence-electron chi connectivity index (χ4n) is 10.4. The first-order valence-electron chi connectivity index (χ1n) is 34.8. The molecule has 0 fully saturated rings. The summed E-state index contributed by atoms with van der Waals surface area (Å²) < 4.78 is 16.8. The Hall–Kier alpha value is -2.89. The molecule has 0 rings (SSSR count). The third kappa shape index (κ3) is 65.8. The lowest BCUT2D eigenvalue weighted by atomic mass is 10.0. The van der Waals surface area contributed by atoms with Gasteiger partial charge in [0.1, 0.15) is 13.2 Å². The van der Waals surface area contributed by atoms with Gasteiger partial charge in [-0.15, -0.1) is 0 Å². The smallest absolute Gasteiger partial charge is 0.306 e. The maximum atomic E-state index is 12.8. The standard InChI is InChI=1S/C73H132O6/c1-4-7-10-13-15-17-19-21-23-25-27-29-31-33-34-35-36-37-38-40-41-43-45-47-49-51-53-55-57-60-63-66-72(75)78-69-70(68-77-71(74)65-62-59-12-9-6-3)79-73(76)67-64-61-58-56-54-52-50-48-46-44-42-39-32-30-28-26-24-22-20-18-16-14-11-8-5-2/h8,11,16,18,22,24,28,30,39,42,70H,4-7,9-10,12-15,17,19-21,23,25-27,29,31-38,40-41,43-69H2,1-3H3/b11-8-,18-16-,24-22-,30-28-,42-39-. The van der Waals surface area contributed by atoms with Crippen molar-refractivity contribution in [1.82, 2.24) is 0 Å². The number of esters is 3. The highest BCUT2D eigenvalue weighted by molar-refractivity contribution is 5.71. The van der Waals surface area contributed by atoms with Crippen LogP contribution in [0, 0.1) is 0 Å². The monoisotopic (exact) mass is 1110 g/mol. The predicted molar refractivity (Wildman–Crippen MR) is 344 cm³/mol. The van der Waals surface area contributed by atoms with Crippen molar-refractivity contribution in [3.05, 3.63) is 60.8 Å². The molecule has 79 heavy (non-hydrogen) atoms.